The number of H-pyrrole nitrogens is 1. The molecule has 3 N–H and O–H groups in total. The SMILES string of the molecule is CCN(CCNC(=NC)NCCc1c[nH]c2cc(F)ccc12)C1CC1.I. The number of likely N-dealkylation sites (N-methyl/N-ethyl adjacent to an activating group) is 1. The number of guanidine groups is 1. The van der Waals surface area contributed by atoms with Gasteiger partial charge < -0.3 is 15.6 Å². The van der Waals surface area contributed by atoms with Gasteiger partial charge in [0.25, 0.3) is 0 Å². The summed E-state index contributed by atoms with van der Waals surface area (Å²) in [7, 11) is 1.79. The van der Waals surface area contributed by atoms with E-state index in [-0.39, 0.29) is 29.8 Å². The van der Waals surface area contributed by atoms with Crippen LogP contribution in [0.2, 0.25) is 0 Å². The quantitative estimate of drug-likeness (QED) is 0.314. The van der Waals surface area contributed by atoms with Crippen molar-refractivity contribution in [3.63, 3.8) is 0 Å². The lowest BCUT2D eigenvalue weighted by molar-refractivity contribution is 0.282. The zero-order valence-electron chi connectivity index (χ0n) is 15.5. The van der Waals surface area contributed by atoms with Crippen molar-refractivity contribution in [3.05, 3.63) is 35.8 Å². The fraction of sp³-hybridized carbons (Fsp3) is 0.526. The average molecular weight is 473 g/mol. The minimum absolute atomic E-state index is 0. The maximum Gasteiger partial charge on any atom is 0.191 e. The number of benzene rings is 1. The third-order valence-corrected chi connectivity index (χ3v) is 4.80. The molecule has 2 aromatic rings. The maximum atomic E-state index is 13.2. The van der Waals surface area contributed by atoms with E-state index in [0.29, 0.717) is 0 Å². The summed E-state index contributed by atoms with van der Waals surface area (Å²) in [5, 5.41) is 7.81. The molecule has 26 heavy (non-hydrogen) atoms. The highest BCUT2D eigenvalue weighted by Crippen LogP contribution is 2.25. The predicted molar refractivity (Wildman–Crippen MR) is 117 cm³/mol. The summed E-state index contributed by atoms with van der Waals surface area (Å²) >= 11 is 0. The van der Waals surface area contributed by atoms with Crippen molar-refractivity contribution in [2.24, 2.45) is 4.99 Å². The summed E-state index contributed by atoms with van der Waals surface area (Å²) in [5.74, 6) is 0.619. The minimum Gasteiger partial charge on any atom is -0.361 e. The molecule has 144 valence electrons. The van der Waals surface area contributed by atoms with Crippen LogP contribution >= 0.6 is 24.0 Å². The monoisotopic (exact) mass is 473 g/mol. The van der Waals surface area contributed by atoms with Crippen molar-refractivity contribution in [1.82, 2.24) is 20.5 Å². The van der Waals surface area contributed by atoms with E-state index in [4.69, 9.17) is 0 Å². The van der Waals surface area contributed by atoms with Crippen LogP contribution in [0.4, 0.5) is 4.39 Å². The van der Waals surface area contributed by atoms with Crippen LogP contribution in [0.25, 0.3) is 10.9 Å². The Morgan fingerprint density at radius 3 is 2.77 bits per heavy atom. The molecule has 1 saturated carbocycles. The number of fused-ring (bicyclic) bond motifs is 1. The number of nitrogens with one attached hydrogen (secondary N) is 3. The maximum absolute atomic E-state index is 13.2. The van der Waals surface area contributed by atoms with E-state index in [0.717, 1.165) is 55.5 Å². The van der Waals surface area contributed by atoms with E-state index >= 15 is 0 Å². The largest absolute Gasteiger partial charge is 0.361 e. The molecular weight excluding hydrogens is 444 g/mol. The Kier molecular flexibility index (Phi) is 8.15. The first-order chi connectivity index (χ1) is 12.2. The molecule has 0 bridgehead atoms. The number of aliphatic imine (C=N–C) groups is 1. The molecule has 0 spiro atoms. The number of nitrogens with zero attached hydrogens (tertiary/aromatic N) is 2. The molecule has 0 aliphatic heterocycles. The zero-order chi connectivity index (χ0) is 17.6. The first kappa shape index (κ1) is 21.0. The standard InChI is InChI=1S/C19H28FN5.HI/c1-3-25(16-5-6-16)11-10-23-19(21-2)22-9-8-14-13-24-18-12-15(20)4-7-17(14)18;/h4,7,12-13,16,24H,3,5-6,8-11H2,1-2H3,(H2,21,22,23);1H. The highest BCUT2D eigenvalue weighted by molar-refractivity contribution is 14.0. The Morgan fingerprint density at radius 2 is 2.08 bits per heavy atom. The highest BCUT2D eigenvalue weighted by Gasteiger charge is 2.27. The lowest BCUT2D eigenvalue weighted by atomic mass is 10.1. The second-order valence-corrected chi connectivity index (χ2v) is 6.54. The zero-order valence-corrected chi connectivity index (χ0v) is 17.8. The molecule has 1 aromatic carbocycles. The van der Waals surface area contributed by atoms with Gasteiger partial charge in [-0.2, -0.15) is 0 Å². The van der Waals surface area contributed by atoms with E-state index < -0.39 is 0 Å². The Bertz CT molecular complexity index is 726. The van der Waals surface area contributed by atoms with Gasteiger partial charge in [0.1, 0.15) is 5.82 Å². The molecule has 1 fully saturated rings. The van der Waals surface area contributed by atoms with Gasteiger partial charge >= 0.3 is 0 Å². The molecule has 1 aliphatic rings. The minimum atomic E-state index is -0.212. The third kappa shape index (κ3) is 5.57. The molecule has 0 radical (unpaired) electrons. The van der Waals surface area contributed by atoms with E-state index in [1.54, 1.807) is 7.05 Å². The smallest absolute Gasteiger partial charge is 0.191 e. The number of rotatable bonds is 8. The van der Waals surface area contributed by atoms with E-state index in [2.05, 4.69) is 32.4 Å². The first-order valence-electron chi connectivity index (χ1n) is 9.15. The van der Waals surface area contributed by atoms with Crippen LogP contribution in [-0.4, -0.2) is 55.1 Å². The first-order valence-corrected chi connectivity index (χ1v) is 9.15. The molecule has 1 aliphatic carbocycles. The van der Waals surface area contributed by atoms with Gasteiger partial charge in [-0.05, 0) is 49.6 Å². The van der Waals surface area contributed by atoms with Crippen molar-refractivity contribution in [1.29, 1.82) is 0 Å². The van der Waals surface area contributed by atoms with Gasteiger partial charge in [-0.1, -0.05) is 6.92 Å². The molecule has 3 rings (SSSR count). The van der Waals surface area contributed by atoms with Crippen molar-refractivity contribution in [3.8, 4) is 0 Å². The van der Waals surface area contributed by atoms with Crippen molar-refractivity contribution in [2.75, 3.05) is 33.2 Å². The van der Waals surface area contributed by atoms with Gasteiger partial charge in [-0.3, -0.25) is 9.89 Å². The molecule has 7 heteroatoms. The molecule has 0 atom stereocenters. The molecule has 1 aromatic heterocycles. The van der Waals surface area contributed by atoms with Crippen molar-refractivity contribution < 1.29 is 4.39 Å². The predicted octanol–water partition coefficient (Wildman–Crippen LogP) is 3.12. The summed E-state index contributed by atoms with van der Waals surface area (Å²) in [4.78, 5) is 9.93. The van der Waals surface area contributed by atoms with Crippen LogP contribution in [0.1, 0.15) is 25.3 Å². The summed E-state index contributed by atoms with van der Waals surface area (Å²) in [5.41, 5.74) is 2.03. The highest BCUT2D eigenvalue weighted by atomic mass is 127. The Labute approximate surface area is 171 Å². The molecular formula is C19H29FIN5. The van der Waals surface area contributed by atoms with Crippen LogP contribution in [0.5, 0.6) is 0 Å². The molecule has 1 heterocycles. The number of aromatic nitrogens is 1. The van der Waals surface area contributed by atoms with Crippen molar-refractivity contribution in [2.45, 2.75) is 32.2 Å². The van der Waals surface area contributed by atoms with Crippen molar-refractivity contribution >= 4 is 40.8 Å². The lowest BCUT2D eigenvalue weighted by Crippen LogP contribution is -2.42. The van der Waals surface area contributed by atoms with E-state index in [1.807, 2.05) is 12.3 Å². The van der Waals surface area contributed by atoms with E-state index in [1.165, 1.54) is 30.5 Å². The van der Waals surface area contributed by atoms with Gasteiger partial charge in [0.05, 0.1) is 0 Å². The number of aromatic amines is 1. The number of hydrogen-bond donors (Lipinski definition) is 3. The van der Waals surface area contributed by atoms with Gasteiger partial charge in [0.2, 0.25) is 0 Å². The topological polar surface area (TPSA) is 55.4 Å². The third-order valence-electron chi connectivity index (χ3n) is 4.80. The van der Waals surface area contributed by atoms with Crippen LogP contribution in [0.3, 0.4) is 0 Å². The molecule has 0 saturated heterocycles. The second-order valence-electron chi connectivity index (χ2n) is 6.54. The summed E-state index contributed by atoms with van der Waals surface area (Å²) < 4.78 is 13.2. The van der Waals surface area contributed by atoms with Crippen LogP contribution in [0.15, 0.2) is 29.4 Å². The molecule has 0 unspecified atom stereocenters. The summed E-state index contributed by atoms with van der Waals surface area (Å²) in [6.45, 7) is 6.06. The van der Waals surface area contributed by atoms with Gasteiger partial charge in [0.15, 0.2) is 5.96 Å². The Hall–Kier alpha value is -1.35. The number of halogens is 2. The molecule has 5 nitrogen and oxygen atoms in total. The second kappa shape index (κ2) is 10.1. The van der Waals surface area contributed by atoms with E-state index in [9.17, 15) is 4.39 Å². The Balaban J connectivity index is 0.00000243. The normalized spacial score (nSPS) is 14.5. The summed E-state index contributed by atoms with van der Waals surface area (Å²) in [6.07, 6.45) is 5.50. The number of hydrogen-bond acceptors (Lipinski definition) is 2. The lowest BCUT2D eigenvalue weighted by Gasteiger charge is -2.20. The average Bonchev–Trinajstić information content (AvgIpc) is 3.38. The Morgan fingerprint density at radius 1 is 1.31 bits per heavy atom. The van der Waals surface area contributed by atoms with Crippen LogP contribution in [-0.2, 0) is 6.42 Å². The fourth-order valence-electron chi connectivity index (χ4n) is 3.26. The van der Waals surface area contributed by atoms with Gasteiger partial charge in [-0.15, -0.1) is 24.0 Å². The van der Waals surface area contributed by atoms with Gasteiger partial charge in [-0.25, -0.2) is 4.39 Å². The fourth-order valence-corrected chi connectivity index (χ4v) is 3.26. The summed E-state index contributed by atoms with van der Waals surface area (Å²) in [6, 6.07) is 5.67. The van der Waals surface area contributed by atoms with Gasteiger partial charge in [0, 0.05) is 49.8 Å². The van der Waals surface area contributed by atoms with Crippen LogP contribution < -0.4 is 10.6 Å². The van der Waals surface area contributed by atoms with Crippen LogP contribution in [0, 0.1) is 5.82 Å². The molecule has 0 amide bonds.